The van der Waals surface area contributed by atoms with Gasteiger partial charge < -0.3 is 9.64 Å². The third kappa shape index (κ3) is 1.92. The van der Waals surface area contributed by atoms with Gasteiger partial charge in [-0.3, -0.25) is 0 Å². The van der Waals surface area contributed by atoms with Crippen molar-refractivity contribution < 1.29 is 4.74 Å². The first-order chi connectivity index (χ1) is 7.76. The standard InChI is InChI=1S/C10H12Cl2N2OS/c11-3-8-9(12)13-10(16-8)14-4-6-1-2-7(5-14)15-6/h6-7H,1-5H2. The molecule has 2 fully saturated rings. The molecule has 0 amide bonds. The van der Waals surface area contributed by atoms with Gasteiger partial charge in [0.15, 0.2) is 5.13 Å². The van der Waals surface area contributed by atoms with Gasteiger partial charge in [-0.05, 0) is 12.8 Å². The monoisotopic (exact) mass is 278 g/mol. The van der Waals surface area contributed by atoms with E-state index in [4.69, 9.17) is 27.9 Å². The van der Waals surface area contributed by atoms with Gasteiger partial charge in [0.05, 0.1) is 23.0 Å². The highest BCUT2D eigenvalue weighted by Gasteiger charge is 2.34. The second-order valence-electron chi connectivity index (χ2n) is 4.21. The fourth-order valence-electron chi connectivity index (χ4n) is 2.31. The van der Waals surface area contributed by atoms with Crippen molar-refractivity contribution in [3.05, 3.63) is 10.0 Å². The molecule has 1 aromatic heterocycles. The SMILES string of the molecule is ClCc1sc(N2CC3CCC(C2)O3)nc1Cl. The quantitative estimate of drug-likeness (QED) is 0.778. The van der Waals surface area contributed by atoms with Gasteiger partial charge in [0.2, 0.25) is 0 Å². The number of halogens is 2. The van der Waals surface area contributed by atoms with Gasteiger partial charge in [0.1, 0.15) is 5.15 Å². The Labute approximate surface area is 108 Å². The van der Waals surface area contributed by atoms with Crippen LogP contribution in [0.15, 0.2) is 0 Å². The van der Waals surface area contributed by atoms with Crippen molar-refractivity contribution in [3.63, 3.8) is 0 Å². The third-order valence-corrected chi connectivity index (χ3v) is 5.04. The highest BCUT2D eigenvalue weighted by atomic mass is 35.5. The van der Waals surface area contributed by atoms with Crippen molar-refractivity contribution in [1.82, 2.24) is 4.98 Å². The van der Waals surface area contributed by atoms with E-state index in [2.05, 4.69) is 9.88 Å². The molecule has 1 aromatic rings. The minimum atomic E-state index is 0.376. The molecule has 2 unspecified atom stereocenters. The molecule has 0 N–H and O–H groups in total. The van der Waals surface area contributed by atoms with Crippen LogP contribution in [-0.2, 0) is 10.6 Å². The Kier molecular flexibility index (Phi) is 3.00. The Morgan fingerprint density at radius 1 is 1.38 bits per heavy atom. The average molecular weight is 279 g/mol. The van der Waals surface area contributed by atoms with E-state index >= 15 is 0 Å². The fraction of sp³-hybridized carbons (Fsp3) is 0.700. The highest BCUT2D eigenvalue weighted by Crippen LogP contribution is 2.35. The van der Waals surface area contributed by atoms with Gasteiger partial charge in [0.25, 0.3) is 0 Å². The van der Waals surface area contributed by atoms with Crippen LogP contribution in [0.25, 0.3) is 0 Å². The zero-order chi connectivity index (χ0) is 11.1. The van der Waals surface area contributed by atoms with E-state index in [1.54, 1.807) is 11.3 Å². The van der Waals surface area contributed by atoms with Crippen LogP contribution >= 0.6 is 34.5 Å². The van der Waals surface area contributed by atoms with E-state index in [1.165, 1.54) is 12.8 Å². The molecule has 2 aliphatic rings. The van der Waals surface area contributed by atoms with Crippen molar-refractivity contribution in [3.8, 4) is 0 Å². The summed E-state index contributed by atoms with van der Waals surface area (Å²) in [5.74, 6) is 0.438. The number of ether oxygens (including phenoxy) is 1. The molecule has 0 saturated carbocycles. The smallest absolute Gasteiger partial charge is 0.187 e. The molecule has 3 rings (SSSR count). The number of fused-ring (bicyclic) bond motifs is 2. The summed E-state index contributed by atoms with van der Waals surface area (Å²) in [7, 11) is 0. The van der Waals surface area contributed by atoms with Gasteiger partial charge in [-0.25, -0.2) is 4.98 Å². The van der Waals surface area contributed by atoms with Crippen LogP contribution in [0.5, 0.6) is 0 Å². The van der Waals surface area contributed by atoms with Crippen LogP contribution in [0.3, 0.4) is 0 Å². The molecule has 0 radical (unpaired) electrons. The molecule has 0 aliphatic carbocycles. The van der Waals surface area contributed by atoms with E-state index in [9.17, 15) is 0 Å². The molecule has 2 aliphatic heterocycles. The Bertz CT molecular complexity index is 386. The molecule has 2 saturated heterocycles. The lowest BCUT2D eigenvalue weighted by Crippen LogP contribution is -2.42. The Morgan fingerprint density at radius 3 is 2.62 bits per heavy atom. The van der Waals surface area contributed by atoms with Gasteiger partial charge >= 0.3 is 0 Å². The average Bonchev–Trinajstić information content (AvgIpc) is 2.82. The normalized spacial score (nSPS) is 28.8. The van der Waals surface area contributed by atoms with Crippen molar-refractivity contribution in [2.45, 2.75) is 30.9 Å². The zero-order valence-electron chi connectivity index (χ0n) is 8.66. The first kappa shape index (κ1) is 11.1. The summed E-state index contributed by atoms with van der Waals surface area (Å²) in [4.78, 5) is 7.60. The Balaban J connectivity index is 1.81. The number of anilines is 1. The van der Waals surface area contributed by atoms with Gasteiger partial charge in [-0.1, -0.05) is 22.9 Å². The van der Waals surface area contributed by atoms with E-state index in [0.717, 1.165) is 23.1 Å². The fourth-order valence-corrected chi connectivity index (χ4v) is 3.80. The maximum absolute atomic E-state index is 6.01. The number of thiazole rings is 1. The summed E-state index contributed by atoms with van der Waals surface area (Å²) in [6, 6.07) is 0. The maximum atomic E-state index is 6.01. The second kappa shape index (κ2) is 4.33. The molecule has 16 heavy (non-hydrogen) atoms. The molecule has 0 spiro atoms. The lowest BCUT2D eigenvalue weighted by Gasteiger charge is -2.31. The van der Waals surface area contributed by atoms with E-state index in [0.29, 0.717) is 23.2 Å². The number of aromatic nitrogens is 1. The predicted octanol–water partition coefficient (Wildman–Crippen LogP) is 2.90. The zero-order valence-corrected chi connectivity index (χ0v) is 11.0. The number of nitrogens with zero attached hydrogens (tertiary/aromatic N) is 2. The summed E-state index contributed by atoms with van der Waals surface area (Å²) in [6.45, 7) is 1.87. The summed E-state index contributed by atoms with van der Waals surface area (Å²) < 4.78 is 5.79. The van der Waals surface area contributed by atoms with Crippen molar-refractivity contribution in [1.29, 1.82) is 0 Å². The molecule has 2 bridgehead atoms. The first-order valence-electron chi connectivity index (χ1n) is 5.38. The molecule has 2 atom stereocenters. The predicted molar refractivity (Wildman–Crippen MR) is 66.8 cm³/mol. The summed E-state index contributed by atoms with van der Waals surface area (Å²) in [5.41, 5.74) is 0. The van der Waals surface area contributed by atoms with Crippen LogP contribution in [0.2, 0.25) is 5.15 Å². The third-order valence-electron chi connectivity index (χ3n) is 3.07. The van der Waals surface area contributed by atoms with Crippen LogP contribution in [0, 0.1) is 0 Å². The summed E-state index contributed by atoms with van der Waals surface area (Å²) in [5, 5.41) is 1.54. The van der Waals surface area contributed by atoms with E-state index in [-0.39, 0.29) is 0 Å². The number of morpholine rings is 1. The van der Waals surface area contributed by atoms with Crippen molar-refractivity contribution in [2.24, 2.45) is 0 Å². The van der Waals surface area contributed by atoms with Gasteiger partial charge in [-0.15, -0.1) is 11.6 Å². The lowest BCUT2D eigenvalue weighted by molar-refractivity contribution is 0.0305. The van der Waals surface area contributed by atoms with Crippen LogP contribution in [0.4, 0.5) is 5.13 Å². The van der Waals surface area contributed by atoms with Crippen molar-refractivity contribution >= 4 is 39.7 Å². The molecule has 3 nitrogen and oxygen atoms in total. The second-order valence-corrected chi connectivity index (χ2v) is 5.89. The van der Waals surface area contributed by atoms with Crippen molar-refractivity contribution in [2.75, 3.05) is 18.0 Å². The van der Waals surface area contributed by atoms with Crippen LogP contribution in [0.1, 0.15) is 17.7 Å². The number of rotatable bonds is 2. The lowest BCUT2D eigenvalue weighted by atomic mass is 10.2. The number of alkyl halides is 1. The van der Waals surface area contributed by atoms with Crippen LogP contribution in [-0.4, -0.2) is 30.3 Å². The molecule has 88 valence electrons. The van der Waals surface area contributed by atoms with E-state index in [1.807, 2.05) is 0 Å². The Morgan fingerprint density at radius 2 is 2.06 bits per heavy atom. The highest BCUT2D eigenvalue weighted by molar-refractivity contribution is 7.16. The van der Waals surface area contributed by atoms with Crippen LogP contribution < -0.4 is 4.90 Å². The summed E-state index contributed by atoms with van der Waals surface area (Å²) >= 11 is 13.4. The molecule has 0 aromatic carbocycles. The molecule has 3 heterocycles. The summed E-state index contributed by atoms with van der Waals surface area (Å²) in [6.07, 6.45) is 3.09. The molecular formula is C10H12Cl2N2OS. The molecule has 6 heteroatoms. The largest absolute Gasteiger partial charge is 0.371 e. The first-order valence-corrected chi connectivity index (χ1v) is 7.10. The Hall–Kier alpha value is -0.0300. The number of hydrogen-bond acceptors (Lipinski definition) is 4. The number of hydrogen-bond donors (Lipinski definition) is 0. The maximum Gasteiger partial charge on any atom is 0.187 e. The van der Waals surface area contributed by atoms with Gasteiger partial charge in [0, 0.05) is 13.1 Å². The molecular weight excluding hydrogens is 267 g/mol. The minimum absolute atomic E-state index is 0.376. The topological polar surface area (TPSA) is 25.4 Å². The van der Waals surface area contributed by atoms with E-state index < -0.39 is 0 Å². The van der Waals surface area contributed by atoms with Gasteiger partial charge in [-0.2, -0.15) is 0 Å². The minimum Gasteiger partial charge on any atom is -0.371 e.